The number of nitrogens with one attached hydrogen (secondary N) is 1. The maximum Gasteiger partial charge on any atom is 0.108 e. The van der Waals surface area contributed by atoms with Crippen molar-refractivity contribution in [3.8, 4) is 0 Å². The molecule has 1 heterocycles. The highest BCUT2D eigenvalue weighted by Gasteiger charge is 2.23. The average Bonchev–Trinajstić information content (AvgIpc) is 2.88. The number of fused-ring (bicyclic) bond motifs is 1. The summed E-state index contributed by atoms with van der Waals surface area (Å²) < 4.78 is 1.28. The Labute approximate surface area is 118 Å². The van der Waals surface area contributed by atoms with Crippen LogP contribution in [-0.2, 0) is 6.54 Å². The lowest BCUT2D eigenvalue weighted by Crippen LogP contribution is -2.41. The summed E-state index contributed by atoms with van der Waals surface area (Å²) in [7, 11) is 0. The number of hydrogen-bond donors (Lipinski definition) is 2. The summed E-state index contributed by atoms with van der Waals surface area (Å²) in [6.45, 7) is 1.68. The van der Waals surface area contributed by atoms with E-state index in [0.29, 0.717) is 12.0 Å². The third-order valence-electron chi connectivity index (χ3n) is 4.07. The molecule has 19 heavy (non-hydrogen) atoms. The molecule has 0 spiro atoms. The van der Waals surface area contributed by atoms with E-state index in [4.69, 9.17) is 5.73 Å². The van der Waals surface area contributed by atoms with Crippen LogP contribution in [-0.4, -0.2) is 17.6 Å². The van der Waals surface area contributed by atoms with Crippen LogP contribution in [0.3, 0.4) is 0 Å². The van der Waals surface area contributed by atoms with Crippen LogP contribution < -0.4 is 11.1 Å². The first kappa shape index (κ1) is 13.0. The average molecular weight is 275 g/mol. The van der Waals surface area contributed by atoms with Gasteiger partial charge in [-0.25, -0.2) is 4.98 Å². The maximum atomic E-state index is 5.87. The fourth-order valence-corrected chi connectivity index (χ4v) is 3.89. The van der Waals surface area contributed by atoms with Crippen molar-refractivity contribution in [2.24, 2.45) is 11.7 Å². The number of hydrogen-bond acceptors (Lipinski definition) is 4. The third-order valence-corrected chi connectivity index (χ3v) is 5.10. The van der Waals surface area contributed by atoms with Gasteiger partial charge in [-0.2, -0.15) is 0 Å². The second-order valence-corrected chi connectivity index (χ2v) is 6.46. The van der Waals surface area contributed by atoms with Gasteiger partial charge >= 0.3 is 0 Å². The van der Waals surface area contributed by atoms with E-state index < -0.39 is 0 Å². The first-order chi connectivity index (χ1) is 9.36. The first-order valence-electron chi connectivity index (χ1n) is 7.14. The Bertz CT molecular complexity index is 504. The highest BCUT2D eigenvalue weighted by Crippen LogP contribution is 2.25. The van der Waals surface area contributed by atoms with Crippen molar-refractivity contribution < 1.29 is 0 Å². The van der Waals surface area contributed by atoms with E-state index in [9.17, 15) is 0 Å². The summed E-state index contributed by atoms with van der Waals surface area (Å²) in [5, 5.41) is 4.85. The van der Waals surface area contributed by atoms with Crippen LogP contribution in [0.5, 0.6) is 0 Å². The summed E-state index contributed by atoms with van der Waals surface area (Å²) in [6.07, 6.45) is 5.19. The molecule has 3 N–H and O–H groups in total. The topological polar surface area (TPSA) is 50.9 Å². The Morgan fingerprint density at radius 3 is 2.95 bits per heavy atom. The van der Waals surface area contributed by atoms with Gasteiger partial charge in [-0.05, 0) is 37.4 Å². The number of nitrogens with two attached hydrogens (primary N) is 1. The van der Waals surface area contributed by atoms with Crippen molar-refractivity contribution in [3.63, 3.8) is 0 Å². The Hall–Kier alpha value is -0.970. The molecular weight excluding hydrogens is 254 g/mol. The number of para-hydroxylation sites is 1. The van der Waals surface area contributed by atoms with E-state index in [1.807, 2.05) is 6.07 Å². The molecule has 3 rings (SSSR count). The predicted octanol–water partition coefficient (Wildman–Crippen LogP) is 2.90. The predicted molar refractivity (Wildman–Crippen MR) is 81.3 cm³/mol. The van der Waals surface area contributed by atoms with E-state index in [2.05, 4.69) is 28.5 Å². The standard InChI is InChI=1S/C15H21N3S/c16-9-11-5-1-2-6-12(11)17-10-15-18-13-7-3-4-8-14(13)19-15/h3-4,7-8,11-12,17H,1-2,5-6,9-10,16H2. The third kappa shape index (κ3) is 2.96. The van der Waals surface area contributed by atoms with E-state index in [1.54, 1.807) is 11.3 Å². The molecule has 4 heteroatoms. The molecule has 102 valence electrons. The molecule has 1 aromatic carbocycles. The van der Waals surface area contributed by atoms with Gasteiger partial charge in [-0.3, -0.25) is 0 Å². The monoisotopic (exact) mass is 275 g/mol. The highest BCUT2D eigenvalue weighted by atomic mass is 32.1. The van der Waals surface area contributed by atoms with Crippen LogP contribution in [0.1, 0.15) is 30.7 Å². The molecule has 1 fully saturated rings. The smallest absolute Gasteiger partial charge is 0.108 e. The molecule has 0 amide bonds. The van der Waals surface area contributed by atoms with E-state index in [0.717, 1.165) is 18.6 Å². The van der Waals surface area contributed by atoms with Gasteiger partial charge in [-0.15, -0.1) is 11.3 Å². The van der Waals surface area contributed by atoms with Gasteiger partial charge in [0.2, 0.25) is 0 Å². The first-order valence-corrected chi connectivity index (χ1v) is 7.96. The van der Waals surface area contributed by atoms with E-state index in [-0.39, 0.29) is 0 Å². The lowest BCUT2D eigenvalue weighted by Gasteiger charge is -2.31. The Balaban J connectivity index is 1.64. The summed E-state index contributed by atoms with van der Waals surface area (Å²) >= 11 is 1.79. The van der Waals surface area contributed by atoms with Crippen molar-refractivity contribution in [1.29, 1.82) is 0 Å². The van der Waals surface area contributed by atoms with Gasteiger partial charge in [0.25, 0.3) is 0 Å². The summed E-state index contributed by atoms with van der Waals surface area (Å²) in [5.41, 5.74) is 6.99. The van der Waals surface area contributed by atoms with Crippen molar-refractivity contribution in [1.82, 2.24) is 10.3 Å². The molecular formula is C15H21N3S. The molecule has 0 bridgehead atoms. The zero-order valence-corrected chi connectivity index (χ0v) is 12.0. The van der Waals surface area contributed by atoms with Crippen LogP contribution in [0.2, 0.25) is 0 Å². The normalized spacial score (nSPS) is 23.8. The van der Waals surface area contributed by atoms with Gasteiger partial charge in [0.1, 0.15) is 5.01 Å². The Kier molecular flexibility index (Phi) is 4.11. The van der Waals surface area contributed by atoms with Gasteiger partial charge < -0.3 is 11.1 Å². The zero-order valence-electron chi connectivity index (χ0n) is 11.1. The fourth-order valence-electron chi connectivity index (χ4n) is 2.97. The van der Waals surface area contributed by atoms with Crippen LogP contribution in [0, 0.1) is 5.92 Å². The zero-order chi connectivity index (χ0) is 13.1. The van der Waals surface area contributed by atoms with Gasteiger partial charge in [0.15, 0.2) is 0 Å². The minimum atomic E-state index is 0.575. The Morgan fingerprint density at radius 1 is 1.26 bits per heavy atom. The molecule has 1 aliphatic rings. The molecule has 1 aromatic heterocycles. The van der Waals surface area contributed by atoms with Gasteiger partial charge in [0.05, 0.1) is 10.2 Å². The summed E-state index contributed by atoms with van der Waals surface area (Å²) in [5.74, 6) is 0.642. The molecule has 0 saturated heterocycles. The lowest BCUT2D eigenvalue weighted by molar-refractivity contribution is 0.267. The summed E-state index contributed by atoms with van der Waals surface area (Å²) in [4.78, 5) is 4.67. The fraction of sp³-hybridized carbons (Fsp3) is 0.533. The molecule has 0 radical (unpaired) electrons. The Morgan fingerprint density at radius 2 is 2.11 bits per heavy atom. The largest absolute Gasteiger partial charge is 0.330 e. The van der Waals surface area contributed by atoms with Gasteiger partial charge in [-0.1, -0.05) is 25.0 Å². The number of thiazole rings is 1. The molecule has 2 aromatic rings. The molecule has 2 unspecified atom stereocenters. The van der Waals surface area contributed by atoms with Crippen molar-refractivity contribution in [3.05, 3.63) is 29.3 Å². The molecule has 3 nitrogen and oxygen atoms in total. The second kappa shape index (κ2) is 5.99. The molecule has 2 atom stereocenters. The van der Waals surface area contributed by atoms with Crippen LogP contribution in [0.15, 0.2) is 24.3 Å². The van der Waals surface area contributed by atoms with Crippen molar-refractivity contribution in [2.45, 2.75) is 38.3 Å². The maximum absolute atomic E-state index is 5.87. The number of benzene rings is 1. The lowest BCUT2D eigenvalue weighted by atomic mass is 9.84. The second-order valence-electron chi connectivity index (χ2n) is 5.34. The number of nitrogens with zero attached hydrogens (tertiary/aromatic N) is 1. The van der Waals surface area contributed by atoms with E-state index in [1.165, 1.54) is 35.4 Å². The minimum Gasteiger partial charge on any atom is -0.330 e. The molecule has 0 aliphatic heterocycles. The number of aromatic nitrogens is 1. The SMILES string of the molecule is NCC1CCCCC1NCc1nc2ccccc2s1. The van der Waals surface area contributed by atoms with Crippen molar-refractivity contribution >= 4 is 21.6 Å². The number of rotatable bonds is 4. The minimum absolute atomic E-state index is 0.575. The van der Waals surface area contributed by atoms with Gasteiger partial charge in [0, 0.05) is 12.6 Å². The van der Waals surface area contributed by atoms with Crippen LogP contribution >= 0.6 is 11.3 Å². The summed E-state index contributed by atoms with van der Waals surface area (Å²) in [6, 6.07) is 8.91. The van der Waals surface area contributed by atoms with E-state index >= 15 is 0 Å². The highest BCUT2D eigenvalue weighted by molar-refractivity contribution is 7.18. The molecule has 1 saturated carbocycles. The van der Waals surface area contributed by atoms with Crippen molar-refractivity contribution in [2.75, 3.05) is 6.54 Å². The van der Waals surface area contributed by atoms with Crippen LogP contribution in [0.4, 0.5) is 0 Å². The quantitative estimate of drug-likeness (QED) is 0.902. The van der Waals surface area contributed by atoms with Crippen LogP contribution in [0.25, 0.3) is 10.2 Å². The molecule has 1 aliphatic carbocycles.